The van der Waals surface area contributed by atoms with Crippen molar-refractivity contribution < 1.29 is 22.7 Å². The molecule has 0 radical (unpaired) electrons. The van der Waals surface area contributed by atoms with E-state index in [2.05, 4.69) is 10.0 Å². The van der Waals surface area contributed by atoms with Crippen LogP contribution in [-0.4, -0.2) is 41.6 Å². The number of amides is 1. The monoisotopic (exact) mass is 364 g/mol. The number of methoxy groups -OCH3 is 2. The lowest BCUT2D eigenvalue weighted by Crippen LogP contribution is -2.34. The molecule has 0 unspecified atom stereocenters. The van der Waals surface area contributed by atoms with Crippen LogP contribution < -0.4 is 19.5 Å². The van der Waals surface area contributed by atoms with Crippen LogP contribution in [0.5, 0.6) is 11.5 Å². The van der Waals surface area contributed by atoms with E-state index in [4.69, 9.17) is 9.47 Å². The summed E-state index contributed by atoms with van der Waals surface area (Å²) in [5.74, 6) is 0.346. The second-order valence-electron chi connectivity index (χ2n) is 5.04. The van der Waals surface area contributed by atoms with E-state index in [1.165, 1.54) is 26.4 Å². The maximum Gasteiger partial charge on any atom is 0.251 e. The molecule has 0 heterocycles. The van der Waals surface area contributed by atoms with Gasteiger partial charge in [-0.25, -0.2) is 13.1 Å². The summed E-state index contributed by atoms with van der Waals surface area (Å²) in [6.45, 7) is 0.195. The summed E-state index contributed by atoms with van der Waals surface area (Å²) in [4.78, 5) is 11.9. The first kappa shape index (κ1) is 18.8. The van der Waals surface area contributed by atoms with Gasteiger partial charge < -0.3 is 14.8 Å². The molecule has 0 bridgehead atoms. The fraction of sp³-hybridized carbons (Fsp3) is 0.235. The first-order valence-corrected chi connectivity index (χ1v) is 9.01. The van der Waals surface area contributed by atoms with Gasteiger partial charge in [-0.05, 0) is 24.3 Å². The van der Waals surface area contributed by atoms with Gasteiger partial charge in [0.05, 0.1) is 14.2 Å². The number of hydrogen-bond donors (Lipinski definition) is 2. The quantitative estimate of drug-likeness (QED) is 0.691. The van der Waals surface area contributed by atoms with E-state index in [0.717, 1.165) is 0 Å². The summed E-state index contributed by atoms with van der Waals surface area (Å²) in [6, 6.07) is 13.2. The molecular formula is C17H20N2O5S. The van der Waals surface area contributed by atoms with Gasteiger partial charge in [0.2, 0.25) is 10.0 Å². The van der Waals surface area contributed by atoms with Crippen molar-refractivity contribution >= 4 is 15.9 Å². The Hall–Kier alpha value is -2.58. The molecule has 0 aliphatic heterocycles. The Labute approximate surface area is 147 Å². The molecule has 8 heteroatoms. The van der Waals surface area contributed by atoms with Gasteiger partial charge in [-0.15, -0.1) is 0 Å². The molecule has 1 amide bonds. The normalized spacial score (nSPS) is 11.0. The van der Waals surface area contributed by atoms with Gasteiger partial charge in [-0.2, -0.15) is 0 Å². The van der Waals surface area contributed by atoms with Crippen LogP contribution in [0.1, 0.15) is 10.4 Å². The van der Waals surface area contributed by atoms with Gasteiger partial charge in [-0.3, -0.25) is 4.79 Å². The lowest BCUT2D eigenvalue weighted by atomic mass is 10.2. The van der Waals surface area contributed by atoms with Crippen molar-refractivity contribution in [2.45, 2.75) is 4.90 Å². The van der Waals surface area contributed by atoms with Crippen molar-refractivity contribution in [1.82, 2.24) is 10.0 Å². The van der Waals surface area contributed by atoms with Crippen LogP contribution >= 0.6 is 0 Å². The Morgan fingerprint density at radius 2 is 1.72 bits per heavy atom. The third kappa shape index (κ3) is 4.94. The summed E-state index contributed by atoms with van der Waals surface area (Å²) in [7, 11) is -0.966. The highest BCUT2D eigenvalue weighted by Gasteiger charge is 2.20. The van der Waals surface area contributed by atoms with Gasteiger partial charge >= 0.3 is 0 Å². The minimum absolute atomic E-state index is 0.0243. The number of nitrogens with one attached hydrogen (secondary N) is 2. The molecule has 0 saturated heterocycles. The molecule has 7 nitrogen and oxygen atoms in total. The third-order valence-corrected chi connectivity index (χ3v) is 4.88. The molecule has 2 aromatic carbocycles. The van der Waals surface area contributed by atoms with E-state index in [9.17, 15) is 13.2 Å². The molecule has 0 spiro atoms. The van der Waals surface area contributed by atoms with Gasteiger partial charge in [0.25, 0.3) is 5.91 Å². The number of ether oxygens (including phenoxy) is 2. The van der Waals surface area contributed by atoms with E-state index >= 15 is 0 Å². The Morgan fingerprint density at radius 3 is 2.36 bits per heavy atom. The molecule has 2 aromatic rings. The molecule has 0 fully saturated rings. The van der Waals surface area contributed by atoms with E-state index in [-0.39, 0.29) is 29.6 Å². The summed E-state index contributed by atoms with van der Waals surface area (Å²) in [5.41, 5.74) is 0.514. The standard InChI is InChI=1S/C17H20N2O5S/c1-23-14-8-9-15(24-2)16(12-14)25(21,22)19-11-10-18-17(20)13-6-4-3-5-7-13/h3-9,12,19H,10-11H2,1-2H3,(H,18,20). The number of benzene rings is 2. The van der Waals surface area contributed by atoms with Crippen molar-refractivity contribution in [3.63, 3.8) is 0 Å². The predicted molar refractivity (Wildman–Crippen MR) is 93.5 cm³/mol. The van der Waals surface area contributed by atoms with Crippen LogP contribution in [0, 0.1) is 0 Å². The van der Waals surface area contributed by atoms with Crippen molar-refractivity contribution in [2.75, 3.05) is 27.3 Å². The van der Waals surface area contributed by atoms with Crippen LogP contribution in [0.3, 0.4) is 0 Å². The van der Waals surface area contributed by atoms with Crippen molar-refractivity contribution in [2.24, 2.45) is 0 Å². The van der Waals surface area contributed by atoms with Gasteiger partial charge in [-0.1, -0.05) is 18.2 Å². The fourth-order valence-corrected chi connectivity index (χ4v) is 3.34. The van der Waals surface area contributed by atoms with Crippen LogP contribution in [0.2, 0.25) is 0 Å². The van der Waals surface area contributed by atoms with Crippen molar-refractivity contribution in [3.8, 4) is 11.5 Å². The van der Waals surface area contributed by atoms with Gasteiger partial charge in [0.1, 0.15) is 16.4 Å². The smallest absolute Gasteiger partial charge is 0.251 e. The van der Waals surface area contributed by atoms with E-state index < -0.39 is 10.0 Å². The molecular weight excluding hydrogens is 344 g/mol. The van der Waals surface area contributed by atoms with E-state index in [0.29, 0.717) is 11.3 Å². The van der Waals surface area contributed by atoms with Gasteiger partial charge in [0, 0.05) is 24.7 Å². The lowest BCUT2D eigenvalue weighted by Gasteiger charge is -2.12. The Morgan fingerprint density at radius 1 is 1.00 bits per heavy atom. The maximum absolute atomic E-state index is 12.4. The topological polar surface area (TPSA) is 93.7 Å². The summed E-state index contributed by atoms with van der Waals surface area (Å²) in [6.07, 6.45) is 0. The molecule has 134 valence electrons. The zero-order valence-electron chi connectivity index (χ0n) is 14.0. The largest absolute Gasteiger partial charge is 0.497 e. The van der Waals surface area contributed by atoms with Crippen molar-refractivity contribution in [1.29, 1.82) is 0 Å². The van der Waals surface area contributed by atoms with Crippen molar-refractivity contribution in [3.05, 3.63) is 54.1 Å². The minimum Gasteiger partial charge on any atom is -0.497 e. The minimum atomic E-state index is -3.80. The molecule has 0 saturated carbocycles. The summed E-state index contributed by atoms with van der Waals surface area (Å²) in [5, 5.41) is 2.65. The first-order chi connectivity index (χ1) is 12.0. The maximum atomic E-state index is 12.4. The molecule has 0 aliphatic rings. The number of carbonyl (C=O) groups excluding carboxylic acids is 1. The van der Waals surface area contributed by atoms with Gasteiger partial charge in [0.15, 0.2) is 0 Å². The molecule has 0 atom stereocenters. The van der Waals surface area contributed by atoms with E-state index in [1.807, 2.05) is 6.07 Å². The number of carbonyl (C=O) groups is 1. The Balaban J connectivity index is 1.97. The van der Waals surface area contributed by atoms with Crippen LogP contribution in [0.15, 0.2) is 53.4 Å². The number of rotatable bonds is 8. The number of sulfonamides is 1. The average molecular weight is 364 g/mol. The predicted octanol–water partition coefficient (Wildman–Crippen LogP) is 1.41. The molecule has 2 rings (SSSR count). The molecule has 0 aromatic heterocycles. The molecule has 0 aliphatic carbocycles. The molecule has 2 N–H and O–H groups in total. The van der Waals surface area contributed by atoms with E-state index in [1.54, 1.807) is 30.3 Å². The van der Waals surface area contributed by atoms with Crippen LogP contribution in [0.4, 0.5) is 0 Å². The first-order valence-electron chi connectivity index (χ1n) is 7.53. The van der Waals surface area contributed by atoms with Crippen LogP contribution in [0.25, 0.3) is 0 Å². The highest BCUT2D eigenvalue weighted by Crippen LogP contribution is 2.27. The summed E-state index contributed by atoms with van der Waals surface area (Å²) >= 11 is 0. The summed E-state index contributed by atoms with van der Waals surface area (Å²) < 4.78 is 37.4. The second kappa shape index (κ2) is 8.50. The lowest BCUT2D eigenvalue weighted by molar-refractivity contribution is 0.0954. The highest BCUT2D eigenvalue weighted by molar-refractivity contribution is 7.89. The SMILES string of the molecule is COc1ccc(OC)c(S(=O)(=O)NCCNC(=O)c2ccccc2)c1. The van der Waals surface area contributed by atoms with Crippen LogP contribution in [-0.2, 0) is 10.0 Å². The number of hydrogen-bond acceptors (Lipinski definition) is 5. The second-order valence-corrected chi connectivity index (χ2v) is 6.77. The zero-order chi connectivity index (χ0) is 18.3. The average Bonchev–Trinajstić information content (AvgIpc) is 2.65. The zero-order valence-corrected chi connectivity index (χ0v) is 14.8. The Bertz CT molecular complexity index is 822. The molecule has 25 heavy (non-hydrogen) atoms. The highest BCUT2D eigenvalue weighted by atomic mass is 32.2. The fourth-order valence-electron chi connectivity index (χ4n) is 2.12. The Kier molecular flexibility index (Phi) is 6.37. The third-order valence-electron chi connectivity index (χ3n) is 3.40.